The van der Waals surface area contributed by atoms with E-state index < -0.39 is 0 Å². The molecule has 2 heterocycles. The van der Waals surface area contributed by atoms with E-state index in [0.717, 1.165) is 5.69 Å². The monoisotopic (exact) mass is 209 g/mol. The van der Waals surface area contributed by atoms with Crippen LogP contribution in [0, 0.1) is 5.82 Å². The molecule has 2 atom stereocenters. The summed E-state index contributed by atoms with van der Waals surface area (Å²) in [6.07, 6.45) is 1.20. The van der Waals surface area contributed by atoms with Crippen molar-refractivity contribution in [1.82, 2.24) is 0 Å². The van der Waals surface area contributed by atoms with Crippen molar-refractivity contribution in [1.29, 1.82) is 0 Å². The first-order chi connectivity index (χ1) is 6.84. The largest absolute Gasteiger partial charge is 0.381 e. The summed E-state index contributed by atoms with van der Waals surface area (Å²) < 4.78 is 13.0. The number of hydrogen-bond acceptors (Lipinski definition) is 2. The van der Waals surface area contributed by atoms with Crippen LogP contribution in [0.3, 0.4) is 0 Å². The highest BCUT2D eigenvalue weighted by Gasteiger charge is 2.34. The van der Waals surface area contributed by atoms with Crippen molar-refractivity contribution in [3.05, 3.63) is 29.6 Å². The highest BCUT2D eigenvalue weighted by Crippen LogP contribution is 2.42. The van der Waals surface area contributed by atoms with Crippen molar-refractivity contribution in [2.75, 3.05) is 16.8 Å². The maximum Gasteiger partial charge on any atom is 0.125 e. The molecule has 0 aromatic heterocycles. The first-order valence-corrected chi connectivity index (χ1v) is 6.14. The lowest BCUT2D eigenvalue weighted by atomic mass is 9.95. The lowest BCUT2D eigenvalue weighted by Gasteiger charge is -2.24. The fourth-order valence-corrected chi connectivity index (χ4v) is 3.65. The van der Waals surface area contributed by atoms with Gasteiger partial charge in [0, 0.05) is 23.4 Å². The number of anilines is 1. The zero-order valence-corrected chi connectivity index (χ0v) is 8.61. The van der Waals surface area contributed by atoms with Gasteiger partial charge in [0.05, 0.1) is 0 Å². The standard InChI is InChI=1S/C11H12FNS/c12-7-1-2-8-9-6-14-4-3-10(9)13-11(8)5-7/h1-2,5,9-10,13H,3-4,6H2. The summed E-state index contributed by atoms with van der Waals surface area (Å²) in [6.45, 7) is 0. The minimum absolute atomic E-state index is 0.137. The van der Waals surface area contributed by atoms with Gasteiger partial charge in [0.1, 0.15) is 5.82 Å². The van der Waals surface area contributed by atoms with Crippen molar-refractivity contribution < 1.29 is 4.39 Å². The Morgan fingerprint density at radius 1 is 1.43 bits per heavy atom. The summed E-state index contributed by atoms with van der Waals surface area (Å²) in [5.41, 5.74) is 2.33. The molecule has 2 aliphatic heterocycles. The lowest BCUT2D eigenvalue weighted by Crippen LogP contribution is -2.26. The van der Waals surface area contributed by atoms with Crippen molar-refractivity contribution in [2.45, 2.75) is 18.4 Å². The van der Waals surface area contributed by atoms with E-state index in [0.29, 0.717) is 12.0 Å². The van der Waals surface area contributed by atoms with Crippen LogP contribution in [-0.4, -0.2) is 17.5 Å². The van der Waals surface area contributed by atoms with Gasteiger partial charge in [0.25, 0.3) is 0 Å². The Hall–Kier alpha value is -0.700. The average molecular weight is 209 g/mol. The Balaban J connectivity index is 2.01. The molecule has 1 aromatic rings. The Kier molecular flexibility index (Phi) is 1.94. The Morgan fingerprint density at radius 2 is 2.36 bits per heavy atom. The fourth-order valence-electron chi connectivity index (χ4n) is 2.39. The Bertz CT molecular complexity index is 366. The van der Waals surface area contributed by atoms with Gasteiger partial charge in [-0.25, -0.2) is 4.39 Å². The summed E-state index contributed by atoms with van der Waals surface area (Å²) in [5, 5.41) is 3.42. The summed E-state index contributed by atoms with van der Waals surface area (Å²) >= 11 is 2.01. The molecule has 1 N–H and O–H groups in total. The van der Waals surface area contributed by atoms with Crippen molar-refractivity contribution in [3.8, 4) is 0 Å². The normalized spacial score (nSPS) is 29.2. The van der Waals surface area contributed by atoms with Crippen molar-refractivity contribution in [3.63, 3.8) is 0 Å². The molecule has 1 fully saturated rings. The zero-order valence-electron chi connectivity index (χ0n) is 7.79. The van der Waals surface area contributed by atoms with Crippen LogP contribution < -0.4 is 5.32 Å². The predicted molar refractivity (Wildman–Crippen MR) is 58.5 cm³/mol. The van der Waals surface area contributed by atoms with Gasteiger partial charge in [-0.15, -0.1) is 0 Å². The van der Waals surface area contributed by atoms with Gasteiger partial charge < -0.3 is 5.32 Å². The Labute approximate surface area is 87.1 Å². The molecule has 1 saturated heterocycles. The van der Waals surface area contributed by atoms with Gasteiger partial charge >= 0.3 is 0 Å². The lowest BCUT2D eigenvalue weighted by molar-refractivity contribution is 0.613. The van der Waals surface area contributed by atoms with Crippen LogP contribution in [0.1, 0.15) is 17.9 Å². The quantitative estimate of drug-likeness (QED) is 0.705. The SMILES string of the molecule is Fc1ccc2c(c1)NC1CCSCC21. The third-order valence-corrected chi connectivity index (χ3v) is 4.23. The first kappa shape index (κ1) is 8.60. The minimum Gasteiger partial charge on any atom is -0.381 e. The van der Waals surface area contributed by atoms with E-state index in [-0.39, 0.29) is 5.82 Å². The minimum atomic E-state index is -0.137. The van der Waals surface area contributed by atoms with Crippen LogP contribution in [0.15, 0.2) is 18.2 Å². The smallest absolute Gasteiger partial charge is 0.125 e. The number of thioether (sulfide) groups is 1. The topological polar surface area (TPSA) is 12.0 Å². The zero-order chi connectivity index (χ0) is 9.54. The molecule has 3 heteroatoms. The second kappa shape index (κ2) is 3.16. The summed E-state index contributed by atoms with van der Waals surface area (Å²) in [4.78, 5) is 0. The van der Waals surface area contributed by atoms with Gasteiger partial charge in [-0.1, -0.05) is 6.07 Å². The van der Waals surface area contributed by atoms with E-state index in [1.54, 1.807) is 12.1 Å². The summed E-state index contributed by atoms with van der Waals surface area (Å²) in [7, 11) is 0. The number of nitrogens with one attached hydrogen (secondary N) is 1. The van der Waals surface area contributed by atoms with Gasteiger partial charge in [0.15, 0.2) is 0 Å². The third-order valence-electron chi connectivity index (χ3n) is 3.11. The van der Waals surface area contributed by atoms with Gasteiger partial charge in [-0.3, -0.25) is 0 Å². The van der Waals surface area contributed by atoms with Crippen LogP contribution in [0.4, 0.5) is 10.1 Å². The van der Waals surface area contributed by atoms with E-state index >= 15 is 0 Å². The summed E-state index contributed by atoms with van der Waals surface area (Å²) in [5.74, 6) is 2.87. The average Bonchev–Trinajstić information content (AvgIpc) is 2.54. The van der Waals surface area contributed by atoms with E-state index in [4.69, 9.17) is 0 Å². The molecular weight excluding hydrogens is 197 g/mol. The molecule has 14 heavy (non-hydrogen) atoms. The molecule has 2 unspecified atom stereocenters. The van der Waals surface area contributed by atoms with Crippen LogP contribution >= 0.6 is 11.8 Å². The number of halogens is 1. The van der Waals surface area contributed by atoms with E-state index in [9.17, 15) is 4.39 Å². The molecular formula is C11H12FNS. The maximum atomic E-state index is 13.0. The number of rotatable bonds is 0. The number of fused-ring (bicyclic) bond motifs is 3. The van der Waals surface area contributed by atoms with Crippen LogP contribution in [0.5, 0.6) is 0 Å². The highest BCUT2D eigenvalue weighted by atomic mass is 32.2. The molecule has 0 saturated carbocycles. The molecule has 1 nitrogen and oxygen atoms in total. The van der Waals surface area contributed by atoms with Gasteiger partial charge in [-0.05, 0) is 29.9 Å². The second-order valence-electron chi connectivity index (χ2n) is 3.95. The maximum absolute atomic E-state index is 13.0. The molecule has 3 rings (SSSR count). The summed E-state index contributed by atoms with van der Waals surface area (Å²) in [6, 6.07) is 5.68. The van der Waals surface area contributed by atoms with Gasteiger partial charge in [-0.2, -0.15) is 11.8 Å². The molecule has 0 bridgehead atoms. The van der Waals surface area contributed by atoms with Crippen LogP contribution in [0.2, 0.25) is 0 Å². The van der Waals surface area contributed by atoms with Crippen LogP contribution in [-0.2, 0) is 0 Å². The Morgan fingerprint density at radius 3 is 3.29 bits per heavy atom. The number of benzene rings is 1. The predicted octanol–water partition coefficient (Wildman–Crippen LogP) is 2.84. The third kappa shape index (κ3) is 1.22. The highest BCUT2D eigenvalue weighted by molar-refractivity contribution is 7.99. The number of hydrogen-bond donors (Lipinski definition) is 1. The van der Waals surface area contributed by atoms with E-state index in [1.807, 2.05) is 17.8 Å². The van der Waals surface area contributed by atoms with Gasteiger partial charge in [0.2, 0.25) is 0 Å². The van der Waals surface area contributed by atoms with E-state index in [2.05, 4.69) is 5.32 Å². The first-order valence-electron chi connectivity index (χ1n) is 4.98. The fraction of sp³-hybridized carbons (Fsp3) is 0.455. The molecule has 2 aliphatic rings. The second-order valence-corrected chi connectivity index (χ2v) is 5.10. The van der Waals surface area contributed by atoms with Crippen molar-refractivity contribution >= 4 is 17.4 Å². The van der Waals surface area contributed by atoms with Crippen LogP contribution in [0.25, 0.3) is 0 Å². The molecule has 0 radical (unpaired) electrons. The molecule has 0 aliphatic carbocycles. The molecule has 1 aromatic carbocycles. The molecule has 0 amide bonds. The molecule has 0 spiro atoms. The van der Waals surface area contributed by atoms with Crippen molar-refractivity contribution in [2.24, 2.45) is 0 Å². The molecule has 74 valence electrons. The van der Waals surface area contributed by atoms with E-state index in [1.165, 1.54) is 23.5 Å².